The van der Waals surface area contributed by atoms with Crippen LogP contribution in [-0.4, -0.2) is 11.1 Å². The molecule has 0 atom stereocenters. The van der Waals surface area contributed by atoms with E-state index in [2.05, 4.69) is 10.5 Å². The number of hydrogen-bond acceptors (Lipinski definition) is 3. The highest BCUT2D eigenvalue weighted by Crippen LogP contribution is 2.28. The summed E-state index contributed by atoms with van der Waals surface area (Å²) >= 11 is 0. The highest BCUT2D eigenvalue weighted by molar-refractivity contribution is 5.91. The molecule has 0 bridgehead atoms. The summed E-state index contributed by atoms with van der Waals surface area (Å²) in [5.41, 5.74) is 2.81. The molecule has 0 unspecified atom stereocenters. The number of rotatable bonds is 5. The first-order chi connectivity index (χ1) is 10.8. The molecule has 110 valence electrons. The van der Waals surface area contributed by atoms with Crippen molar-refractivity contribution in [2.75, 3.05) is 5.32 Å². The summed E-state index contributed by atoms with van der Waals surface area (Å²) in [6.07, 6.45) is 3.26. The summed E-state index contributed by atoms with van der Waals surface area (Å²) in [7, 11) is 0. The molecule has 0 aliphatic heterocycles. The first kappa shape index (κ1) is 14.1. The molecule has 22 heavy (non-hydrogen) atoms. The molecule has 2 aromatic carbocycles. The van der Waals surface area contributed by atoms with E-state index in [1.165, 1.54) is 12.5 Å². The Balaban J connectivity index is 1.81. The van der Waals surface area contributed by atoms with Gasteiger partial charge >= 0.3 is 0 Å². The zero-order chi connectivity index (χ0) is 15.2. The SMILES string of the molecule is O=C(CC(c1ccccc1)c1ccccc1)Nc1cnoc1. The average molecular weight is 292 g/mol. The monoisotopic (exact) mass is 292 g/mol. The van der Waals surface area contributed by atoms with Crippen molar-refractivity contribution in [3.05, 3.63) is 84.3 Å². The van der Waals surface area contributed by atoms with Gasteiger partial charge in [-0.25, -0.2) is 0 Å². The quantitative estimate of drug-likeness (QED) is 0.777. The lowest BCUT2D eigenvalue weighted by Crippen LogP contribution is -2.16. The molecular formula is C18H16N2O2. The van der Waals surface area contributed by atoms with Crippen LogP contribution in [0, 0.1) is 0 Å². The zero-order valence-electron chi connectivity index (χ0n) is 12.0. The van der Waals surface area contributed by atoms with Gasteiger partial charge in [-0.1, -0.05) is 65.8 Å². The maximum Gasteiger partial charge on any atom is 0.225 e. The van der Waals surface area contributed by atoms with E-state index in [1.54, 1.807) is 0 Å². The third kappa shape index (κ3) is 3.41. The van der Waals surface area contributed by atoms with E-state index in [0.717, 1.165) is 11.1 Å². The average Bonchev–Trinajstić information content (AvgIpc) is 3.07. The molecule has 0 spiro atoms. The predicted octanol–water partition coefficient (Wildman–Crippen LogP) is 3.84. The number of amides is 1. The fourth-order valence-electron chi connectivity index (χ4n) is 2.46. The van der Waals surface area contributed by atoms with E-state index in [4.69, 9.17) is 4.52 Å². The molecule has 1 aromatic heterocycles. The number of anilines is 1. The Hall–Kier alpha value is -2.88. The molecule has 0 fully saturated rings. The zero-order valence-corrected chi connectivity index (χ0v) is 12.0. The molecule has 1 N–H and O–H groups in total. The van der Waals surface area contributed by atoms with Crippen molar-refractivity contribution in [3.63, 3.8) is 0 Å². The first-order valence-electron chi connectivity index (χ1n) is 7.12. The van der Waals surface area contributed by atoms with E-state index < -0.39 is 0 Å². The third-order valence-electron chi connectivity index (χ3n) is 3.51. The Bertz CT molecular complexity index is 670. The highest BCUT2D eigenvalue weighted by Gasteiger charge is 2.18. The Kier molecular flexibility index (Phi) is 4.30. The predicted molar refractivity (Wildman–Crippen MR) is 84.5 cm³/mol. The summed E-state index contributed by atoms with van der Waals surface area (Å²) in [4.78, 5) is 12.3. The molecule has 0 aliphatic carbocycles. The molecule has 3 rings (SSSR count). The minimum Gasteiger partial charge on any atom is -0.363 e. The molecular weight excluding hydrogens is 276 g/mol. The first-order valence-corrected chi connectivity index (χ1v) is 7.12. The number of nitrogens with zero attached hydrogens (tertiary/aromatic N) is 1. The summed E-state index contributed by atoms with van der Waals surface area (Å²) in [6.45, 7) is 0. The van der Waals surface area contributed by atoms with Gasteiger partial charge < -0.3 is 9.84 Å². The molecule has 4 nitrogen and oxygen atoms in total. The van der Waals surface area contributed by atoms with Crippen LogP contribution in [0.5, 0.6) is 0 Å². The van der Waals surface area contributed by atoms with Gasteiger partial charge in [0.2, 0.25) is 5.91 Å². The second-order valence-corrected chi connectivity index (χ2v) is 5.04. The van der Waals surface area contributed by atoms with Gasteiger partial charge in [0.15, 0.2) is 0 Å². The van der Waals surface area contributed by atoms with Gasteiger partial charge in [-0.05, 0) is 11.1 Å². The Morgan fingerprint density at radius 2 is 1.59 bits per heavy atom. The number of carbonyl (C=O) groups is 1. The fourth-order valence-corrected chi connectivity index (χ4v) is 2.46. The van der Waals surface area contributed by atoms with E-state index in [-0.39, 0.29) is 11.8 Å². The number of nitrogens with one attached hydrogen (secondary N) is 1. The van der Waals surface area contributed by atoms with E-state index >= 15 is 0 Å². The van der Waals surface area contributed by atoms with Gasteiger partial charge in [-0.15, -0.1) is 0 Å². The Labute approximate surface area is 128 Å². The van der Waals surface area contributed by atoms with Crippen LogP contribution in [0.3, 0.4) is 0 Å². The van der Waals surface area contributed by atoms with E-state index in [9.17, 15) is 4.79 Å². The van der Waals surface area contributed by atoms with Gasteiger partial charge in [0.05, 0.1) is 6.20 Å². The van der Waals surface area contributed by atoms with Crippen molar-refractivity contribution in [3.8, 4) is 0 Å². The van der Waals surface area contributed by atoms with Gasteiger partial charge in [-0.3, -0.25) is 4.79 Å². The van der Waals surface area contributed by atoms with Crippen LogP contribution in [0.4, 0.5) is 5.69 Å². The number of hydrogen-bond donors (Lipinski definition) is 1. The minimum atomic E-state index is -0.0686. The van der Waals surface area contributed by atoms with Crippen molar-refractivity contribution >= 4 is 11.6 Å². The Morgan fingerprint density at radius 3 is 2.09 bits per heavy atom. The van der Waals surface area contributed by atoms with E-state index in [1.807, 2.05) is 60.7 Å². The smallest absolute Gasteiger partial charge is 0.225 e. The van der Waals surface area contributed by atoms with Crippen molar-refractivity contribution in [1.82, 2.24) is 5.16 Å². The number of carbonyl (C=O) groups excluding carboxylic acids is 1. The van der Waals surface area contributed by atoms with Gasteiger partial charge in [0, 0.05) is 12.3 Å². The van der Waals surface area contributed by atoms with Crippen molar-refractivity contribution in [1.29, 1.82) is 0 Å². The molecule has 0 saturated heterocycles. The fraction of sp³-hybridized carbons (Fsp3) is 0.111. The maximum absolute atomic E-state index is 12.3. The van der Waals surface area contributed by atoms with Crippen molar-refractivity contribution in [2.45, 2.75) is 12.3 Å². The lowest BCUT2D eigenvalue weighted by molar-refractivity contribution is -0.116. The van der Waals surface area contributed by atoms with Gasteiger partial charge in [-0.2, -0.15) is 0 Å². The topological polar surface area (TPSA) is 55.1 Å². The van der Waals surface area contributed by atoms with Crippen LogP contribution in [0.25, 0.3) is 0 Å². The molecule has 3 aromatic rings. The van der Waals surface area contributed by atoms with Crippen LogP contribution < -0.4 is 5.32 Å². The largest absolute Gasteiger partial charge is 0.363 e. The van der Waals surface area contributed by atoms with Crippen molar-refractivity contribution in [2.24, 2.45) is 0 Å². The second kappa shape index (κ2) is 6.72. The molecule has 4 heteroatoms. The molecule has 0 saturated carbocycles. The van der Waals surface area contributed by atoms with Crippen LogP contribution >= 0.6 is 0 Å². The summed E-state index contributed by atoms with van der Waals surface area (Å²) in [6, 6.07) is 20.1. The van der Waals surface area contributed by atoms with Crippen LogP contribution in [0.1, 0.15) is 23.5 Å². The number of benzene rings is 2. The van der Waals surface area contributed by atoms with Crippen LogP contribution in [-0.2, 0) is 4.79 Å². The summed E-state index contributed by atoms with van der Waals surface area (Å²) in [5.74, 6) is -0.0526. The normalized spacial score (nSPS) is 10.6. The van der Waals surface area contributed by atoms with E-state index in [0.29, 0.717) is 12.1 Å². The lowest BCUT2D eigenvalue weighted by atomic mass is 9.88. The van der Waals surface area contributed by atoms with Crippen LogP contribution in [0.15, 0.2) is 77.6 Å². The maximum atomic E-state index is 12.3. The third-order valence-corrected chi connectivity index (χ3v) is 3.51. The number of aromatic nitrogens is 1. The van der Waals surface area contributed by atoms with Gasteiger partial charge in [0.25, 0.3) is 0 Å². The standard InChI is InChI=1S/C18H16N2O2/c21-18(20-16-12-19-22-13-16)11-17(14-7-3-1-4-8-14)15-9-5-2-6-10-15/h1-10,12-13,17H,11H2,(H,20,21). The molecule has 0 aliphatic rings. The minimum absolute atomic E-state index is 0.0160. The molecule has 0 radical (unpaired) electrons. The summed E-state index contributed by atoms with van der Waals surface area (Å²) in [5, 5.41) is 6.38. The summed E-state index contributed by atoms with van der Waals surface area (Å²) < 4.78 is 4.72. The highest BCUT2D eigenvalue weighted by atomic mass is 16.5. The van der Waals surface area contributed by atoms with Crippen LogP contribution in [0.2, 0.25) is 0 Å². The lowest BCUT2D eigenvalue weighted by Gasteiger charge is -2.17. The van der Waals surface area contributed by atoms with Crippen molar-refractivity contribution < 1.29 is 9.32 Å². The molecule has 1 heterocycles. The van der Waals surface area contributed by atoms with Gasteiger partial charge in [0.1, 0.15) is 12.0 Å². The second-order valence-electron chi connectivity index (χ2n) is 5.04. The molecule has 1 amide bonds. The Morgan fingerprint density at radius 1 is 1.00 bits per heavy atom.